The van der Waals surface area contributed by atoms with Crippen LogP contribution >= 0.6 is 0 Å². The van der Waals surface area contributed by atoms with E-state index in [1.165, 1.54) is 12.8 Å². The molecule has 0 aliphatic carbocycles. The van der Waals surface area contributed by atoms with Crippen molar-refractivity contribution >= 4 is 0 Å². The van der Waals surface area contributed by atoms with E-state index in [0.29, 0.717) is 0 Å². The van der Waals surface area contributed by atoms with E-state index in [4.69, 9.17) is 5.11 Å². The van der Waals surface area contributed by atoms with Gasteiger partial charge >= 0.3 is 0 Å². The summed E-state index contributed by atoms with van der Waals surface area (Å²) in [6.45, 7) is 1.99. The zero-order valence-corrected chi connectivity index (χ0v) is 7.37. The van der Waals surface area contributed by atoms with Crippen molar-refractivity contribution < 1.29 is 10.2 Å². The number of aliphatic hydroxyl groups is 2. The van der Waals surface area contributed by atoms with E-state index in [9.17, 15) is 5.11 Å². The average Bonchev–Trinajstić information content (AvgIpc) is 2.46. The Balaban J connectivity index is 2.10. The number of aliphatic hydroxyl groups excluding tert-OH is 1. The van der Waals surface area contributed by atoms with Gasteiger partial charge in [-0.05, 0) is 25.8 Å². The van der Waals surface area contributed by atoms with Gasteiger partial charge in [-0.3, -0.25) is 4.90 Å². The predicted octanol–water partition coefficient (Wildman–Crippen LogP) is -0.0320. The summed E-state index contributed by atoms with van der Waals surface area (Å²) in [5.74, 6) is 0. The molecular formula is C9H17NO2. The van der Waals surface area contributed by atoms with Crippen LogP contribution in [-0.4, -0.2) is 46.5 Å². The first kappa shape index (κ1) is 8.48. The molecule has 0 spiro atoms. The zero-order chi connectivity index (χ0) is 8.60. The molecule has 2 aliphatic heterocycles. The topological polar surface area (TPSA) is 43.7 Å². The first-order valence-electron chi connectivity index (χ1n) is 4.83. The van der Waals surface area contributed by atoms with Crippen molar-refractivity contribution in [3.63, 3.8) is 0 Å². The number of piperidine rings is 1. The van der Waals surface area contributed by atoms with Crippen molar-refractivity contribution in [2.45, 2.75) is 37.3 Å². The van der Waals surface area contributed by atoms with Gasteiger partial charge in [0.2, 0.25) is 0 Å². The van der Waals surface area contributed by atoms with E-state index >= 15 is 0 Å². The third-order valence-corrected chi connectivity index (χ3v) is 3.34. The van der Waals surface area contributed by atoms with Crippen LogP contribution < -0.4 is 0 Å². The fourth-order valence-corrected chi connectivity index (χ4v) is 2.56. The van der Waals surface area contributed by atoms with E-state index in [1.54, 1.807) is 0 Å². The minimum absolute atomic E-state index is 0.0752. The molecule has 3 heteroatoms. The Hall–Kier alpha value is -0.120. The van der Waals surface area contributed by atoms with Gasteiger partial charge in [-0.15, -0.1) is 0 Å². The molecule has 0 saturated carbocycles. The molecule has 2 aliphatic rings. The molecular weight excluding hydrogens is 154 g/mol. The highest BCUT2D eigenvalue weighted by Gasteiger charge is 2.45. The van der Waals surface area contributed by atoms with Crippen LogP contribution in [0.15, 0.2) is 0 Å². The molecule has 2 N–H and O–H groups in total. The molecule has 0 radical (unpaired) electrons. The van der Waals surface area contributed by atoms with E-state index in [2.05, 4.69) is 4.90 Å². The maximum atomic E-state index is 10.0. The van der Waals surface area contributed by atoms with Gasteiger partial charge in [-0.25, -0.2) is 0 Å². The first-order valence-corrected chi connectivity index (χ1v) is 4.83. The van der Waals surface area contributed by atoms with Gasteiger partial charge in [0, 0.05) is 12.6 Å². The lowest BCUT2D eigenvalue weighted by Crippen LogP contribution is -2.49. The summed E-state index contributed by atoms with van der Waals surface area (Å²) in [5, 5.41) is 19.1. The molecule has 3 nitrogen and oxygen atoms in total. The van der Waals surface area contributed by atoms with Crippen LogP contribution in [0.5, 0.6) is 0 Å². The molecule has 0 bridgehead atoms. The third-order valence-electron chi connectivity index (χ3n) is 3.34. The van der Waals surface area contributed by atoms with E-state index in [0.717, 1.165) is 25.9 Å². The summed E-state index contributed by atoms with van der Waals surface area (Å²) in [4.78, 5) is 2.32. The van der Waals surface area contributed by atoms with Crippen LogP contribution in [-0.2, 0) is 0 Å². The lowest BCUT2D eigenvalue weighted by molar-refractivity contribution is -0.0493. The van der Waals surface area contributed by atoms with Crippen molar-refractivity contribution in [3.8, 4) is 0 Å². The number of rotatable bonds is 1. The number of hydrogen-bond acceptors (Lipinski definition) is 3. The molecule has 0 aromatic carbocycles. The van der Waals surface area contributed by atoms with Crippen molar-refractivity contribution in [2.24, 2.45) is 0 Å². The fraction of sp³-hybridized carbons (Fsp3) is 1.00. The molecule has 2 heterocycles. The lowest BCUT2D eigenvalue weighted by Gasteiger charge is -2.36. The van der Waals surface area contributed by atoms with Crippen LogP contribution in [0.25, 0.3) is 0 Å². The van der Waals surface area contributed by atoms with Crippen molar-refractivity contribution in [1.82, 2.24) is 4.90 Å². The molecule has 2 unspecified atom stereocenters. The number of nitrogens with zero attached hydrogens (tertiary/aromatic N) is 1. The van der Waals surface area contributed by atoms with Crippen LogP contribution in [0, 0.1) is 0 Å². The fourth-order valence-electron chi connectivity index (χ4n) is 2.56. The van der Waals surface area contributed by atoms with Gasteiger partial charge in [0.25, 0.3) is 0 Å². The zero-order valence-electron chi connectivity index (χ0n) is 7.37. The summed E-state index contributed by atoms with van der Waals surface area (Å²) in [5.41, 5.74) is -0.791. The molecule has 2 rings (SSSR count). The van der Waals surface area contributed by atoms with Gasteiger partial charge in [-0.2, -0.15) is 0 Å². The van der Waals surface area contributed by atoms with E-state index < -0.39 is 5.60 Å². The monoisotopic (exact) mass is 171 g/mol. The minimum atomic E-state index is -0.791. The maximum Gasteiger partial charge on any atom is 0.104 e. The molecule has 70 valence electrons. The standard InChI is InChI=1S/C9H17NO2/c11-7-9(12)4-6-10-5-2-1-3-8(9)10/h8,11-12H,1-7H2. The Bertz CT molecular complexity index is 174. The van der Waals surface area contributed by atoms with Gasteiger partial charge < -0.3 is 10.2 Å². The van der Waals surface area contributed by atoms with Gasteiger partial charge in [0.1, 0.15) is 5.60 Å². The van der Waals surface area contributed by atoms with E-state index in [-0.39, 0.29) is 12.6 Å². The number of hydrogen-bond donors (Lipinski definition) is 2. The maximum absolute atomic E-state index is 10.0. The summed E-state index contributed by atoms with van der Waals surface area (Å²) in [6.07, 6.45) is 4.24. The van der Waals surface area contributed by atoms with Gasteiger partial charge in [0.15, 0.2) is 0 Å². The third kappa shape index (κ3) is 1.16. The second kappa shape index (κ2) is 2.98. The molecule has 0 aromatic heterocycles. The number of fused-ring (bicyclic) bond motifs is 1. The van der Waals surface area contributed by atoms with Crippen molar-refractivity contribution in [3.05, 3.63) is 0 Å². The SMILES string of the molecule is OCC1(O)CCN2CCCCC21. The smallest absolute Gasteiger partial charge is 0.104 e. The highest BCUT2D eigenvalue weighted by Crippen LogP contribution is 2.34. The summed E-state index contributed by atoms with van der Waals surface area (Å²) >= 11 is 0. The highest BCUT2D eigenvalue weighted by atomic mass is 16.3. The lowest BCUT2D eigenvalue weighted by atomic mass is 9.90. The van der Waals surface area contributed by atoms with Crippen LogP contribution in [0.4, 0.5) is 0 Å². The van der Waals surface area contributed by atoms with Crippen molar-refractivity contribution in [1.29, 1.82) is 0 Å². The first-order chi connectivity index (χ1) is 5.76. The Labute approximate surface area is 73.0 Å². The molecule has 2 fully saturated rings. The summed E-state index contributed by atoms with van der Waals surface area (Å²) in [6, 6.07) is 0.233. The molecule has 12 heavy (non-hydrogen) atoms. The second-order valence-electron chi connectivity index (χ2n) is 4.06. The molecule has 0 amide bonds. The van der Waals surface area contributed by atoms with Gasteiger partial charge in [0.05, 0.1) is 6.61 Å². The molecule has 2 saturated heterocycles. The largest absolute Gasteiger partial charge is 0.393 e. The van der Waals surface area contributed by atoms with Crippen LogP contribution in [0.1, 0.15) is 25.7 Å². The summed E-state index contributed by atoms with van der Waals surface area (Å²) < 4.78 is 0. The van der Waals surface area contributed by atoms with Crippen molar-refractivity contribution in [2.75, 3.05) is 19.7 Å². The Morgan fingerprint density at radius 3 is 2.92 bits per heavy atom. The minimum Gasteiger partial charge on any atom is -0.393 e. The molecule has 0 aromatic rings. The van der Waals surface area contributed by atoms with Crippen LogP contribution in [0.3, 0.4) is 0 Å². The normalized spacial score (nSPS) is 43.0. The van der Waals surface area contributed by atoms with Gasteiger partial charge in [-0.1, -0.05) is 6.42 Å². The Morgan fingerprint density at radius 1 is 1.33 bits per heavy atom. The predicted molar refractivity (Wildman–Crippen MR) is 45.9 cm³/mol. The Kier molecular flexibility index (Phi) is 2.10. The summed E-state index contributed by atoms with van der Waals surface area (Å²) in [7, 11) is 0. The quantitative estimate of drug-likeness (QED) is 0.582. The average molecular weight is 171 g/mol. The highest BCUT2D eigenvalue weighted by molar-refractivity contribution is 5.00. The van der Waals surface area contributed by atoms with Crippen LogP contribution in [0.2, 0.25) is 0 Å². The second-order valence-corrected chi connectivity index (χ2v) is 4.06. The Morgan fingerprint density at radius 2 is 2.17 bits per heavy atom. The molecule has 2 atom stereocenters. The van der Waals surface area contributed by atoms with E-state index in [1.807, 2.05) is 0 Å².